The molecular weight excluding hydrogens is 693 g/mol. The van der Waals surface area contributed by atoms with Crippen molar-refractivity contribution in [1.29, 1.82) is 0 Å². The second kappa shape index (κ2) is 16.4. The Kier molecular flexibility index (Phi) is 11.9. The number of hydrogen-bond acceptors (Lipinski definition) is 3. The molecule has 6 rings (SSSR count). The van der Waals surface area contributed by atoms with E-state index in [1.165, 1.54) is 39.1 Å². The third-order valence-corrected chi connectivity index (χ3v) is 11.4. The Morgan fingerprint density at radius 2 is 1.00 bits per heavy atom. The summed E-state index contributed by atoms with van der Waals surface area (Å²) < 4.78 is 0. The lowest BCUT2D eigenvalue weighted by molar-refractivity contribution is 0.479. The molecule has 0 radical (unpaired) electrons. The lowest BCUT2D eigenvalue weighted by Crippen LogP contribution is -2.19. The molecule has 0 saturated carbocycles. The molecule has 0 saturated heterocycles. The number of rotatable bonds is 10. The van der Waals surface area contributed by atoms with Crippen molar-refractivity contribution < 1.29 is 5.11 Å². The highest BCUT2D eigenvalue weighted by Crippen LogP contribution is 2.45. The summed E-state index contributed by atoms with van der Waals surface area (Å²) in [5.41, 5.74) is 16.3. The van der Waals surface area contributed by atoms with Crippen LogP contribution in [0.2, 0.25) is 0 Å². The Balaban J connectivity index is 1.53. The molecule has 0 aliphatic rings. The highest BCUT2D eigenvalue weighted by Gasteiger charge is 2.26. The highest BCUT2D eigenvalue weighted by atomic mass is 16.3. The van der Waals surface area contributed by atoms with Gasteiger partial charge < -0.3 is 10.4 Å². The molecule has 0 amide bonds. The third-order valence-electron chi connectivity index (χ3n) is 11.4. The van der Waals surface area contributed by atoms with E-state index in [-0.39, 0.29) is 22.6 Å². The molecule has 57 heavy (non-hydrogen) atoms. The molecule has 1 atom stereocenters. The third kappa shape index (κ3) is 8.89. The molecule has 1 aromatic heterocycles. The van der Waals surface area contributed by atoms with Gasteiger partial charge in [-0.15, -0.1) is 0 Å². The number of hydrogen-bond donors (Lipinski definition) is 2. The number of phenols is 1. The maximum Gasteiger partial charge on any atom is 0.131 e. The lowest BCUT2D eigenvalue weighted by atomic mass is 9.78. The topological polar surface area (TPSA) is 45.1 Å². The molecule has 0 bridgehead atoms. The highest BCUT2D eigenvalue weighted by molar-refractivity contribution is 5.90. The van der Waals surface area contributed by atoms with E-state index in [2.05, 4.69) is 211 Å². The standard InChI is InChI=1S/C54H64N2O/c1-33(2)40-20-14-17-23-45(40)51(56-50-41(34(3)4)24-18-25-42(50)35(5)6)49-27-19-26-48(55-49)44-22-16-15-21-43(44)47-29-36(7)28-46(52(47)57)37-30-38(53(8,9)10)32-39(31-37)54(11,12)13/h14-35,51,56-57H,1-13H3. The quantitative estimate of drug-likeness (QED) is 0.146. The smallest absolute Gasteiger partial charge is 0.131 e. The van der Waals surface area contributed by atoms with Gasteiger partial charge >= 0.3 is 0 Å². The molecule has 5 aromatic carbocycles. The van der Waals surface area contributed by atoms with Gasteiger partial charge in [-0.3, -0.25) is 4.98 Å². The van der Waals surface area contributed by atoms with Gasteiger partial charge in [-0.2, -0.15) is 0 Å². The van der Waals surface area contributed by atoms with Crippen LogP contribution in [0.4, 0.5) is 5.69 Å². The molecule has 2 N–H and O–H groups in total. The first kappa shape index (κ1) is 41.5. The van der Waals surface area contributed by atoms with Gasteiger partial charge in [-0.05, 0) is 110 Å². The van der Waals surface area contributed by atoms with E-state index in [1.54, 1.807) is 0 Å². The zero-order valence-corrected chi connectivity index (χ0v) is 36.7. The fraction of sp³-hybridized carbons (Fsp3) is 0.352. The minimum atomic E-state index is -0.195. The van der Waals surface area contributed by atoms with Gasteiger partial charge in [0.25, 0.3) is 0 Å². The van der Waals surface area contributed by atoms with E-state index in [0.29, 0.717) is 17.8 Å². The van der Waals surface area contributed by atoms with Crippen LogP contribution < -0.4 is 5.32 Å². The molecule has 3 nitrogen and oxygen atoms in total. The number of phenolic OH excluding ortho intramolecular Hbond substituents is 1. The van der Waals surface area contributed by atoms with Gasteiger partial charge in [0.1, 0.15) is 5.75 Å². The minimum absolute atomic E-state index is 0.0445. The fourth-order valence-electron chi connectivity index (χ4n) is 8.03. The number of anilines is 1. The van der Waals surface area contributed by atoms with E-state index in [4.69, 9.17) is 4.98 Å². The van der Waals surface area contributed by atoms with Crippen molar-refractivity contribution in [3.8, 4) is 39.3 Å². The zero-order chi connectivity index (χ0) is 41.4. The lowest BCUT2D eigenvalue weighted by Gasteiger charge is -2.29. The first-order valence-electron chi connectivity index (χ1n) is 20.9. The Bertz CT molecular complexity index is 2310. The summed E-state index contributed by atoms with van der Waals surface area (Å²) in [6, 6.07) is 41.2. The van der Waals surface area contributed by atoms with Gasteiger partial charge in [-0.25, -0.2) is 0 Å². The summed E-state index contributed by atoms with van der Waals surface area (Å²) in [6.07, 6.45) is 0. The molecule has 1 unspecified atom stereocenters. The van der Waals surface area contributed by atoms with E-state index < -0.39 is 0 Å². The summed E-state index contributed by atoms with van der Waals surface area (Å²) in [6.45, 7) is 29.3. The first-order chi connectivity index (χ1) is 26.8. The van der Waals surface area contributed by atoms with Crippen LogP contribution in [0.15, 0.2) is 115 Å². The van der Waals surface area contributed by atoms with Gasteiger partial charge in [0, 0.05) is 22.4 Å². The predicted octanol–water partition coefficient (Wildman–Crippen LogP) is 15.3. The molecule has 1 heterocycles. The van der Waals surface area contributed by atoms with Crippen molar-refractivity contribution in [2.45, 2.75) is 125 Å². The molecule has 0 spiro atoms. The molecule has 296 valence electrons. The number of aromatic nitrogens is 1. The van der Waals surface area contributed by atoms with Gasteiger partial charge in [0.2, 0.25) is 0 Å². The number of aryl methyl sites for hydroxylation is 1. The number of pyridine rings is 1. The summed E-state index contributed by atoms with van der Waals surface area (Å²) in [7, 11) is 0. The average Bonchev–Trinajstić information content (AvgIpc) is 3.16. The zero-order valence-electron chi connectivity index (χ0n) is 36.7. The van der Waals surface area contributed by atoms with Gasteiger partial charge in [0.15, 0.2) is 0 Å². The van der Waals surface area contributed by atoms with Crippen molar-refractivity contribution in [2.75, 3.05) is 5.32 Å². The monoisotopic (exact) mass is 757 g/mol. The molecule has 0 aliphatic carbocycles. The van der Waals surface area contributed by atoms with Crippen LogP contribution in [0.3, 0.4) is 0 Å². The van der Waals surface area contributed by atoms with E-state index in [9.17, 15) is 5.11 Å². The van der Waals surface area contributed by atoms with Crippen LogP contribution >= 0.6 is 0 Å². The normalized spacial score (nSPS) is 12.8. The Hall–Kier alpha value is -5.15. The second-order valence-corrected chi connectivity index (χ2v) is 19.0. The van der Waals surface area contributed by atoms with Crippen LogP contribution in [-0.4, -0.2) is 10.1 Å². The summed E-state index contributed by atoms with van der Waals surface area (Å²) in [5, 5.41) is 16.4. The number of para-hydroxylation sites is 1. The van der Waals surface area contributed by atoms with Crippen molar-refractivity contribution in [3.63, 3.8) is 0 Å². The molecular formula is C54H64N2O. The maximum absolute atomic E-state index is 12.3. The number of aromatic hydroxyl groups is 1. The molecule has 6 aromatic rings. The second-order valence-electron chi connectivity index (χ2n) is 19.0. The predicted molar refractivity (Wildman–Crippen MR) is 245 cm³/mol. The minimum Gasteiger partial charge on any atom is -0.507 e. The van der Waals surface area contributed by atoms with Gasteiger partial charge in [-0.1, -0.05) is 174 Å². The van der Waals surface area contributed by atoms with E-state index in [1.807, 2.05) is 0 Å². The van der Waals surface area contributed by atoms with Crippen LogP contribution in [0.5, 0.6) is 5.75 Å². The largest absolute Gasteiger partial charge is 0.507 e. The van der Waals surface area contributed by atoms with Crippen molar-refractivity contribution in [3.05, 3.63) is 160 Å². The van der Waals surface area contributed by atoms with E-state index >= 15 is 0 Å². The summed E-state index contributed by atoms with van der Waals surface area (Å²) in [5.74, 6) is 1.32. The van der Waals surface area contributed by atoms with Crippen molar-refractivity contribution in [1.82, 2.24) is 4.98 Å². The van der Waals surface area contributed by atoms with Crippen LogP contribution in [0.25, 0.3) is 33.5 Å². The number of benzene rings is 5. The first-order valence-corrected chi connectivity index (χ1v) is 20.9. The maximum atomic E-state index is 12.3. The molecule has 3 heteroatoms. The van der Waals surface area contributed by atoms with E-state index in [0.717, 1.165) is 44.8 Å². The number of nitrogens with one attached hydrogen (secondary N) is 1. The van der Waals surface area contributed by atoms with Crippen molar-refractivity contribution in [2.24, 2.45) is 0 Å². The fourth-order valence-corrected chi connectivity index (χ4v) is 8.03. The summed E-state index contributed by atoms with van der Waals surface area (Å²) >= 11 is 0. The molecule has 0 fully saturated rings. The van der Waals surface area contributed by atoms with Crippen LogP contribution in [0.1, 0.15) is 152 Å². The average molecular weight is 757 g/mol. The Labute approximate surface area is 343 Å². The Morgan fingerprint density at radius 3 is 1.56 bits per heavy atom. The van der Waals surface area contributed by atoms with Crippen LogP contribution in [-0.2, 0) is 10.8 Å². The SMILES string of the molecule is Cc1cc(-c2cc(C(C)(C)C)cc(C(C)(C)C)c2)c(O)c(-c2ccccc2-c2cccc(C(Nc3c(C(C)C)cccc3C(C)C)c3ccccc3C(C)C)n2)c1. The number of nitrogens with zero attached hydrogens (tertiary/aromatic N) is 1. The van der Waals surface area contributed by atoms with Crippen molar-refractivity contribution >= 4 is 5.69 Å². The molecule has 0 aliphatic heterocycles. The summed E-state index contributed by atoms with van der Waals surface area (Å²) in [4.78, 5) is 5.52. The van der Waals surface area contributed by atoms with Crippen LogP contribution in [0, 0.1) is 6.92 Å². The Morgan fingerprint density at radius 1 is 0.509 bits per heavy atom. The van der Waals surface area contributed by atoms with Gasteiger partial charge in [0.05, 0.1) is 17.4 Å².